The van der Waals surface area contributed by atoms with Crippen molar-refractivity contribution in [1.29, 1.82) is 0 Å². The monoisotopic (exact) mass is 416 g/mol. The number of aryl methyl sites for hydroxylation is 1. The van der Waals surface area contributed by atoms with Gasteiger partial charge in [-0.05, 0) is 53.3 Å². The van der Waals surface area contributed by atoms with Gasteiger partial charge in [-0.1, -0.05) is 104 Å². The molecule has 0 N–H and O–H groups in total. The van der Waals surface area contributed by atoms with Crippen LogP contribution in [0.15, 0.2) is 114 Å². The molecule has 0 aliphatic carbocycles. The Kier molecular flexibility index (Phi) is 5.60. The maximum absolute atomic E-state index is 5.24. The molecule has 2 nitrogen and oxygen atoms in total. The summed E-state index contributed by atoms with van der Waals surface area (Å²) >= 11 is 0. The Labute approximate surface area is 190 Å². The lowest BCUT2D eigenvalue weighted by molar-refractivity contribution is 0.675. The zero-order valence-corrected chi connectivity index (χ0v) is 18.6. The van der Waals surface area contributed by atoms with Crippen LogP contribution in [0.25, 0.3) is 11.1 Å². The Morgan fingerprint density at radius 1 is 0.656 bits per heavy atom. The summed E-state index contributed by atoms with van der Waals surface area (Å²) in [5.41, 5.74) is 8.59. The second kappa shape index (κ2) is 8.84. The van der Waals surface area contributed by atoms with Crippen LogP contribution in [-0.2, 0) is 6.42 Å². The summed E-state index contributed by atoms with van der Waals surface area (Å²) in [5, 5.41) is 0. The standard InChI is InChI=1S/C30H28N2/c1-3-23-14-16-24(17-15-23)25-18-20-26(21-19-25)29-22(2)32(28-12-8-5-9-13-28)30(31-29)27-10-6-4-7-11-27/h4-22,30H,3H2,1-2H3. The highest BCUT2D eigenvalue weighted by atomic mass is 15.3. The first-order valence-electron chi connectivity index (χ1n) is 11.4. The zero-order chi connectivity index (χ0) is 21.9. The molecule has 2 atom stereocenters. The van der Waals surface area contributed by atoms with E-state index in [-0.39, 0.29) is 12.2 Å². The van der Waals surface area contributed by atoms with E-state index in [2.05, 4.69) is 128 Å². The van der Waals surface area contributed by atoms with E-state index in [9.17, 15) is 0 Å². The maximum Gasteiger partial charge on any atom is 0.148 e. The molecular weight excluding hydrogens is 388 g/mol. The van der Waals surface area contributed by atoms with Crippen molar-refractivity contribution in [1.82, 2.24) is 0 Å². The smallest absolute Gasteiger partial charge is 0.148 e. The third-order valence-corrected chi connectivity index (χ3v) is 6.37. The fraction of sp³-hybridized carbons (Fsp3) is 0.167. The number of aliphatic imine (C=N–C) groups is 1. The van der Waals surface area contributed by atoms with E-state index in [0.717, 1.165) is 12.1 Å². The SMILES string of the molecule is CCc1ccc(-c2ccc(C3=NC(c4ccccc4)N(c4ccccc4)C3C)cc2)cc1. The number of nitrogens with zero attached hydrogens (tertiary/aromatic N) is 2. The Hall–Kier alpha value is -3.65. The van der Waals surface area contributed by atoms with Gasteiger partial charge in [0.25, 0.3) is 0 Å². The fourth-order valence-electron chi connectivity index (χ4n) is 4.55. The van der Waals surface area contributed by atoms with E-state index in [1.807, 2.05) is 0 Å². The van der Waals surface area contributed by atoms with E-state index in [0.29, 0.717) is 0 Å². The van der Waals surface area contributed by atoms with Gasteiger partial charge in [-0.3, -0.25) is 4.99 Å². The molecule has 158 valence electrons. The summed E-state index contributed by atoms with van der Waals surface area (Å²) in [6, 6.07) is 39.1. The molecule has 1 aliphatic rings. The number of hydrogen-bond acceptors (Lipinski definition) is 2. The van der Waals surface area contributed by atoms with Crippen LogP contribution in [0, 0.1) is 0 Å². The molecule has 0 bridgehead atoms. The van der Waals surface area contributed by atoms with Crippen molar-refractivity contribution in [3.63, 3.8) is 0 Å². The van der Waals surface area contributed by atoms with Crippen molar-refractivity contribution in [2.75, 3.05) is 4.90 Å². The first-order valence-corrected chi connectivity index (χ1v) is 11.4. The highest BCUT2D eigenvalue weighted by molar-refractivity contribution is 6.08. The normalized spacial score (nSPS) is 17.9. The Bertz CT molecular complexity index is 1190. The molecule has 2 heteroatoms. The highest BCUT2D eigenvalue weighted by Crippen LogP contribution is 2.37. The lowest BCUT2D eigenvalue weighted by atomic mass is 9.98. The molecule has 32 heavy (non-hydrogen) atoms. The zero-order valence-electron chi connectivity index (χ0n) is 18.6. The van der Waals surface area contributed by atoms with Gasteiger partial charge in [0.2, 0.25) is 0 Å². The summed E-state index contributed by atoms with van der Waals surface area (Å²) in [5.74, 6) is 0. The van der Waals surface area contributed by atoms with Gasteiger partial charge in [0.05, 0.1) is 11.8 Å². The maximum atomic E-state index is 5.24. The molecule has 0 aromatic heterocycles. The largest absolute Gasteiger partial charge is 0.337 e. The minimum Gasteiger partial charge on any atom is -0.337 e. The molecule has 0 radical (unpaired) electrons. The quantitative estimate of drug-likeness (QED) is 0.333. The topological polar surface area (TPSA) is 15.6 Å². The molecule has 0 fully saturated rings. The van der Waals surface area contributed by atoms with Crippen molar-refractivity contribution in [2.24, 2.45) is 4.99 Å². The summed E-state index contributed by atoms with van der Waals surface area (Å²) in [6.07, 6.45) is 1.04. The number of rotatable bonds is 5. The fourth-order valence-corrected chi connectivity index (χ4v) is 4.55. The van der Waals surface area contributed by atoms with Crippen LogP contribution in [0.5, 0.6) is 0 Å². The van der Waals surface area contributed by atoms with Gasteiger partial charge in [0, 0.05) is 5.69 Å². The molecule has 4 aromatic carbocycles. The van der Waals surface area contributed by atoms with E-state index in [1.165, 1.54) is 33.5 Å². The van der Waals surface area contributed by atoms with Gasteiger partial charge < -0.3 is 4.90 Å². The third-order valence-electron chi connectivity index (χ3n) is 6.37. The van der Waals surface area contributed by atoms with Crippen LogP contribution < -0.4 is 4.90 Å². The van der Waals surface area contributed by atoms with Crippen molar-refractivity contribution in [3.8, 4) is 11.1 Å². The average molecular weight is 417 g/mol. The summed E-state index contributed by atoms with van der Waals surface area (Å²) < 4.78 is 0. The summed E-state index contributed by atoms with van der Waals surface area (Å²) in [4.78, 5) is 7.65. The van der Waals surface area contributed by atoms with Crippen LogP contribution in [0.4, 0.5) is 5.69 Å². The van der Waals surface area contributed by atoms with Crippen LogP contribution >= 0.6 is 0 Å². The highest BCUT2D eigenvalue weighted by Gasteiger charge is 2.34. The Balaban J connectivity index is 1.49. The van der Waals surface area contributed by atoms with E-state index in [1.54, 1.807) is 0 Å². The minimum absolute atomic E-state index is 0.0233. The Morgan fingerprint density at radius 3 is 1.78 bits per heavy atom. The molecule has 1 aliphatic heterocycles. The van der Waals surface area contributed by atoms with Gasteiger partial charge in [-0.25, -0.2) is 0 Å². The van der Waals surface area contributed by atoms with Gasteiger partial charge in [-0.2, -0.15) is 0 Å². The number of anilines is 1. The first-order chi connectivity index (χ1) is 15.7. The number of hydrogen-bond donors (Lipinski definition) is 0. The van der Waals surface area contributed by atoms with Crippen LogP contribution in [-0.4, -0.2) is 11.8 Å². The summed E-state index contributed by atoms with van der Waals surface area (Å²) in [6.45, 7) is 4.45. The van der Waals surface area contributed by atoms with Crippen LogP contribution in [0.3, 0.4) is 0 Å². The molecular formula is C30H28N2. The molecule has 5 rings (SSSR count). The molecule has 4 aromatic rings. The van der Waals surface area contributed by atoms with Gasteiger partial charge >= 0.3 is 0 Å². The lowest BCUT2D eigenvalue weighted by Gasteiger charge is -2.30. The minimum atomic E-state index is -0.0233. The van der Waals surface area contributed by atoms with Gasteiger partial charge in [0.1, 0.15) is 6.17 Å². The average Bonchev–Trinajstić information content (AvgIpc) is 3.22. The van der Waals surface area contributed by atoms with E-state index >= 15 is 0 Å². The third kappa shape index (κ3) is 3.85. The van der Waals surface area contributed by atoms with Crippen molar-refractivity contribution < 1.29 is 0 Å². The molecule has 0 spiro atoms. The predicted molar refractivity (Wildman–Crippen MR) is 135 cm³/mol. The Morgan fingerprint density at radius 2 is 1.19 bits per heavy atom. The number of para-hydroxylation sites is 1. The van der Waals surface area contributed by atoms with Gasteiger partial charge in [-0.15, -0.1) is 0 Å². The molecule has 1 heterocycles. The molecule has 2 unspecified atom stereocenters. The van der Waals surface area contributed by atoms with Crippen LogP contribution in [0.2, 0.25) is 0 Å². The second-order valence-corrected chi connectivity index (χ2v) is 8.35. The lowest BCUT2D eigenvalue weighted by Crippen LogP contribution is -2.35. The second-order valence-electron chi connectivity index (χ2n) is 8.35. The predicted octanol–water partition coefficient (Wildman–Crippen LogP) is 7.31. The van der Waals surface area contributed by atoms with Crippen molar-refractivity contribution in [3.05, 3.63) is 126 Å². The van der Waals surface area contributed by atoms with Crippen molar-refractivity contribution >= 4 is 11.4 Å². The number of benzene rings is 4. The van der Waals surface area contributed by atoms with Crippen LogP contribution in [0.1, 0.15) is 36.7 Å². The van der Waals surface area contributed by atoms with E-state index in [4.69, 9.17) is 4.99 Å². The van der Waals surface area contributed by atoms with Crippen molar-refractivity contribution in [2.45, 2.75) is 32.5 Å². The summed E-state index contributed by atoms with van der Waals surface area (Å²) in [7, 11) is 0. The molecule has 0 amide bonds. The van der Waals surface area contributed by atoms with E-state index < -0.39 is 0 Å². The van der Waals surface area contributed by atoms with Gasteiger partial charge in [0.15, 0.2) is 0 Å². The first kappa shape index (κ1) is 20.3. The molecule has 0 saturated heterocycles. The molecule has 0 saturated carbocycles.